The standard InChI is InChI=1S/C19H21Br2NO2/c1-3-4-5-14-6-9-16(10-7-14)22-19(23)13(2)24-18-11-8-15(20)12-17(18)21/h6-13H,3-5H2,1-2H3,(H,22,23). The van der Waals surface area contributed by atoms with Gasteiger partial charge in [-0.3, -0.25) is 4.79 Å². The number of benzene rings is 2. The third-order valence-corrected chi connectivity index (χ3v) is 4.72. The SMILES string of the molecule is CCCCc1ccc(NC(=O)C(C)Oc2ccc(Br)cc2Br)cc1. The minimum absolute atomic E-state index is 0.175. The lowest BCUT2D eigenvalue weighted by molar-refractivity contribution is -0.122. The molecular formula is C19H21Br2NO2. The van der Waals surface area contributed by atoms with E-state index in [-0.39, 0.29) is 5.91 Å². The van der Waals surface area contributed by atoms with Gasteiger partial charge < -0.3 is 10.1 Å². The first kappa shape index (κ1) is 19.0. The van der Waals surface area contributed by atoms with E-state index in [0.717, 1.165) is 21.1 Å². The molecule has 5 heteroatoms. The molecule has 0 bridgehead atoms. The number of carbonyl (C=O) groups excluding carboxylic acids is 1. The average molecular weight is 455 g/mol. The number of hydrogen-bond donors (Lipinski definition) is 1. The van der Waals surface area contributed by atoms with Gasteiger partial charge in [0, 0.05) is 10.2 Å². The van der Waals surface area contributed by atoms with Crippen LogP contribution in [-0.4, -0.2) is 12.0 Å². The lowest BCUT2D eigenvalue weighted by Crippen LogP contribution is -2.30. The summed E-state index contributed by atoms with van der Waals surface area (Å²) in [4.78, 5) is 12.3. The Balaban J connectivity index is 1.93. The Morgan fingerprint density at radius 2 is 1.88 bits per heavy atom. The van der Waals surface area contributed by atoms with E-state index >= 15 is 0 Å². The molecule has 0 aromatic heterocycles. The Morgan fingerprint density at radius 1 is 1.17 bits per heavy atom. The van der Waals surface area contributed by atoms with Crippen LogP contribution in [0.25, 0.3) is 0 Å². The number of aryl methyl sites for hydroxylation is 1. The van der Waals surface area contributed by atoms with Gasteiger partial charge in [-0.15, -0.1) is 0 Å². The topological polar surface area (TPSA) is 38.3 Å². The van der Waals surface area contributed by atoms with Crippen molar-refractivity contribution in [1.82, 2.24) is 0 Å². The summed E-state index contributed by atoms with van der Waals surface area (Å²) in [5, 5.41) is 2.89. The maximum Gasteiger partial charge on any atom is 0.265 e. The third kappa shape index (κ3) is 5.64. The first-order chi connectivity index (χ1) is 11.5. The van der Waals surface area contributed by atoms with Crippen LogP contribution in [0, 0.1) is 0 Å². The smallest absolute Gasteiger partial charge is 0.265 e. The van der Waals surface area contributed by atoms with Crippen molar-refractivity contribution in [1.29, 1.82) is 0 Å². The van der Waals surface area contributed by atoms with Crippen molar-refractivity contribution in [3.05, 3.63) is 57.0 Å². The van der Waals surface area contributed by atoms with Gasteiger partial charge in [0.2, 0.25) is 0 Å². The highest BCUT2D eigenvalue weighted by molar-refractivity contribution is 9.11. The zero-order chi connectivity index (χ0) is 17.5. The van der Waals surface area contributed by atoms with Crippen molar-refractivity contribution < 1.29 is 9.53 Å². The molecule has 1 atom stereocenters. The molecule has 3 nitrogen and oxygen atoms in total. The van der Waals surface area contributed by atoms with Crippen LogP contribution < -0.4 is 10.1 Å². The summed E-state index contributed by atoms with van der Waals surface area (Å²) >= 11 is 6.83. The van der Waals surface area contributed by atoms with Crippen LogP contribution in [0.3, 0.4) is 0 Å². The minimum Gasteiger partial charge on any atom is -0.480 e. The molecule has 0 aliphatic carbocycles. The Bertz CT molecular complexity index is 686. The van der Waals surface area contributed by atoms with Gasteiger partial charge in [0.25, 0.3) is 5.91 Å². The molecule has 0 radical (unpaired) electrons. The lowest BCUT2D eigenvalue weighted by Gasteiger charge is -2.16. The van der Waals surface area contributed by atoms with Crippen molar-refractivity contribution in [2.75, 3.05) is 5.32 Å². The highest BCUT2D eigenvalue weighted by Crippen LogP contribution is 2.29. The van der Waals surface area contributed by atoms with Crippen molar-refractivity contribution in [2.45, 2.75) is 39.2 Å². The van der Waals surface area contributed by atoms with Gasteiger partial charge >= 0.3 is 0 Å². The third-order valence-electron chi connectivity index (χ3n) is 3.61. The fourth-order valence-electron chi connectivity index (χ4n) is 2.19. The van der Waals surface area contributed by atoms with E-state index in [9.17, 15) is 4.79 Å². The van der Waals surface area contributed by atoms with E-state index in [2.05, 4.69) is 56.2 Å². The number of rotatable bonds is 7. The highest BCUT2D eigenvalue weighted by atomic mass is 79.9. The Hall–Kier alpha value is -1.33. The molecule has 0 spiro atoms. The van der Waals surface area contributed by atoms with Gasteiger partial charge in [-0.1, -0.05) is 41.4 Å². The van der Waals surface area contributed by atoms with Gasteiger partial charge in [-0.25, -0.2) is 0 Å². The largest absolute Gasteiger partial charge is 0.480 e. The van der Waals surface area contributed by atoms with Crippen LogP contribution in [0.2, 0.25) is 0 Å². The predicted octanol–water partition coefficient (Wildman–Crippen LogP) is 5.96. The summed E-state index contributed by atoms with van der Waals surface area (Å²) in [5.74, 6) is 0.460. The van der Waals surface area contributed by atoms with E-state index in [0.29, 0.717) is 5.75 Å². The van der Waals surface area contributed by atoms with Gasteiger partial charge in [0.15, 0.2) is 6.10 Å². The van der Waals surface area contributed by atoms with Crippen molar-refractivity contribution >= 4 is 43.5 Å². The number of hydrogen-bond acceptors (Lipinski definition) is 2. The first-order valence-corrected chi connectivity index (χ1v) is 9.59. The molecule has 0 saturated heterocycles. The molecule has 128 valence electrons. The Morgan fingerprint density at radius 3 is 2.50 bits per heavy atom. The molecule has 0 aliphatic heterocycles. The average Bonchev–Trinajstić information content (AvgIpc) is 2.56. The fourth-order valence-corrected chi connectivity index (χ4v) is 3.33. The number of halogens is 2. The molecule has 2 rings (SSSR count). The summed E-state index contributed by atoms with van der Waals surface area (Å²) in [5.41, 5.74) is 2.07. The van der Waals surface area contributed by atoms with Crippen molar-refractivity contribution in [2.24, 2.45) is 0 Å². The van der Waals surface area contributed by atoms with Crippen molar-refractivity contribution in [3.63, 3.8) is 0 Å². The second kappa shape index (κ2) is 9.23. The van der Waals surface area contributed by atoms with Gasteiger partial charge in [-0.05, 0) is 71.6 Å². The summed E-state index contributed by atoms with van der Waals surface area (Å²) in [7, 11) is 0. The van der Waals surface area contributed by atoms with E-state index in [4.69, 9.17) is 4.74 Å². The van der Waals surface area contributed by atoms with Crippen LogP contribution >= 0.6 is 31.9 Å². The number of unbranched alkanes of at least 4 members (excludes halogenated alkanes) is 1. The molecule has 0 aliphatic rings. The molecular weight excluding hydrogens is 434 g/mol. The molecule has 2 aromatic rings. The maximum atomic E-state index is 12.3. The van der Waals surface area contributed by atoms with E-state index < -0.39 is 6.10 Å². The summed E-state index contributed by atoms with van der Waals surface area (Å²) in [6.07, 6.45) is 2.83. The molecule has 0 fully saturated rings. The number of ether oxygens (including phenoxy) is 1. The Labute approximate surface area is 160 Å². The van der Waals surface area contributed by atoms with Crippen molar-refractivity contribution in [3.8, 4) is 5.75 Å². The van der Waals surface area contributed by atoms with Gasteiger partial charge in [0.1, 0.15) is 5.75 Å². The molecule has 0 saturated carbocycles. The van der Waals surface area contributed by atoms with Crippen LogP contribution in [0.15, 0.2) is 51.4 Å². The summed E-state index contributed by atoms with van der Waals surface area (Å²) < 4.78 is 7.48. The number of anilines is 1. The highest BCUT2D eigenvalue weighted by Gasteiger charge is 2.16. The lowest BCUT2D eigenvalue weighted by atomic mass is 10.1. The van der Waals surface area contributed by atoms with E-state index in [1.807, 2.05) is 30.3 Å². The van der Waals surface area contributed by atoms with Crippen LogP contribution in [0.1, 0.15) is 32.3 Å². The molecule has 1 N–H and O–H groups in total. The van der Waals surface area contributed by atoms with Crippen LogP contribution in [0.5, 0.6) is 5.75 Å². The number of amides is 1. The molecule has 1 unspecified atom stereocenters. The maximum absolute atomic E-state index is 12.3. The van der Waals surface area contributed by atoms with Gasteiger partial charge in [-0.2, -0.15) is 0 Å². The zero-order valence-corrected chi connectivity index (χ0v) is 17.0. The normalized spacial score (nSPS) is 11.8. The molecule has 2 aromatic carbocycles. The van der Waals surface area contributed by atoms with Crippen LogP contribution in [0.4, 0.5) is 5.69 Å². The van der Waals surface area contributed by atoms with Gasteiger partial charge in [0.05, 0.1) is 4.47 Å². The zero-order valence-electron chi connectivity index (χ0n) is 13.8. The monoisotopic (exact) mass is 453 g/mol. The second-order valence-corrected chi connectivity index (χ2v) is 7.39. The summed E-state index contributed by atoms with van der Waals surface area (Å²) in [6.45, 7) is 3.92. The van der Waals surface area contributed by atoms with E-state index in [1.54, 1.807) is 6.92 Å². The predicted molar refractivity (Wildman–Crippen MR) is 106 cm³/mol. The number of nitrogens with one attached hydrogen (secondary N) is 1. The Kier molecular flexibility index (Phi) is 7.31. The van der Waals surface area contributed by atoms with E-state index in [1.165, 1.54) is 18.4 Å². The van der Waals surface area contributed by atoms with Crippen LogP contribution in [-0.2, 0) is 11.2 Å². The molecule has 1 amide bonds. The number of carbonyl (C=O) groups is 1. The first-order valence-electron chi connectivity index (χ1n) is 8.01. The quantitative estimate of drug-likeness (QED) is 0.560. The second-order valence-electron chi connectivity index (χ2n) is 5.62. The summed E-state index contributed by atoms with van der Waals surface area (Å²) in [6, 6.07) is 13.6. The minimum atomic E-state index is -0.595. The molecule has 0 heterocycles. The molecule has 24 heavy (non-hydrogen) atoms. The fraction of sp³-hybridized carbons (Fsp3) is 0.316.